The highest BCUT2D eigenvalue weighted by Gasteiger charge is 2.09. The van der Waals surface area contributed by atoms with E-state index in [9.17, 15) is 4.39 Å². The zero-order valence-electron chi connectivity index (χ0n) is 8.22. The van der Waals surface area contributed by atoms with Crippen molar-refractivity contribution in [2.75, 3.05) is 5.32 Å². The lowest BCUT2D eigenvalue weighted by atomic mass is 10.2. The molecule has 0 saturated carbocycles. The minimum atomic E-state index is -0.254. The molecule has 0 amide bonds. The summed E-state index contributed by atoms with van der Waals surface area (Å²) in [6, 6.07) is 4.74. The van der Waals surface area contributed by atoms with Gasteiger partial charge >= 0.3 is 0 Å². The molecule has 2 atom stereocenters. The molecule has 0 aliphatic rings. The second-order valence-corrected chi connectivity index (χ2v) is 4.27. The number of anilines is 1. The first kappa shape index (κ1) is 11.5. The Hall–Kier alpha value is -0.610. The fourth-order valence-corrected chi connectivity index (χ4v) is 1.45. The first-order valence-electron chi connectivity index (χ1n) is 4.48. The van der Waals surface area contributed by atoms with Crippen LogP contribution in [0.25, 0.3) is 0 Å². The standard InChI is InChI=1S/C10H14BrFN2/c1-6(13)7(2)14-10-4-3-8(12)5-9(10)11/h3-7,14H,13H2,1-2H3. The van der Waals surface area contributed by atoms with Crippen molar-refractivity contribution in [3.63, 3.8) is 0 Å². The van der Waals surface area contributed by atoms with Gasteiger partial charge in [-0.1, -0.05) is 0 Å². The molecule has 3 N–H and O–H groups in total. The maximum absolute atomic E-state index is 12.8. The summed E-state index contributed by atoms with van der Waals surface area (Å²) >= 11 is 3.28. The van der Waals surface area contributed by atoms with Crippen LogP contribution in [-0.4, -0.2) is 12.1 Å². The first-order chi connectivity index (χ1) is 6.50. The van der Waals surface area contributed by atoms with E-state index in [2.05, 4.69) is 21.2 Å². The van der Waals surface area contributed by atoms with Gasteiger partial charge in [0.25, 0.3) is 0 Å². The Balaban J connectivity index is 2.77. The molecular formula is C10H14BrFN2. The smallest absolute Gasteiger partial charge is 0.124 e. The van der Waals surface area contributed by atoms with Crippen LogP contribution in [0.5, 0.6) is 0 Å². The number of benzene rings is 1. The third kappa shape index (κ3) is 2.96. The second kappa shape index (κ2) is 4.75. The van der Waals surface area contributed by atoms with Gasteiger partial charge in [-0.2, -0.15) is 0 Å². The van der Waals surface area contributed by atoms with Gasteiger partial charge in [0.1, 0.15) is 5.82 Å². The highest BCUT2D eigenvalue weighted by atomic mass is 79.9. The molecule has 1 aromatic carbocycles. The molecule has 78 valence electrons. The molecule has 0 aliphatic carbocycles. The largest absolute Gasteiger partial charge is 0.380 e. The summed E-state index contributed by atoms with van der Waals surface area (Å²) in [5.41, 5.74) is 6.57. The van der Waals surface area contributed by atoms with E-state index >= 15 is 0 Å². The van der Waals surface area contributed by atoms with Crippen LogP contribution in [0.15, 0.2) is 22.7 Å². The SMILES string of the molecule is CC(N)C(C)Nc1ccc(F)cc1Br. The number of hydrogen-bond acceptors (Lipinski definition) is 2. The van der Waals surface area contributed by atoms with E-state index in [1.807, 2.05) is 13.8 Å². The van der Waals surface area contributed by atoms with Crippen LogP contribution in [0, 0.1) is 5.82 Å². The summed E-state index contributed by atoms with van der Waals surface area (Å²) in [6.07, 6.45) is 0. The highest BCUT2D eigenvalue weighted by Crippen LogP contribution is 2.23. The average molecular weight is 261 g/mol. The van der Waals surface area contributed by atoms with E-state index in [0.29, 0.717) is 4.47 Å². The van der Waals surface area contributed by atoms with Crippen LogP contribution < -0.4 is 11.1 Å². The van der Waals surface area contributed by atoms with Crippen LogP contribution in [0.3, 0.4) is 0 Å². The van der Waals surface area contributed by atoms with E-state index in [1.165, 1.54) is 12.1 Å². The fourth-order valence-electron chi connectivity index (χ4n) is 0.983. The van der Waals surface area contributed by atoms with Gasteiger partial charge in [-0.15, -0.1) is 0 Å². The number of hydrogen-bond donors (Lipinski definition) is 2. The van der Waals surface area contributed by atoms with E-state index < -0.39 is 0 Å². The molecule has 4 heteroatoms. The molecule has 2 nitrogen and oxygen atoms in total. The highest BCUT2D eigenvalue weighted by molar-refractivity contribution is 9.10. The van der Waals surface area contributed by atoms with Crippen molar-refractivity contribution in [1.82, 2.24) is 0 Å². The van der Waals surface area contributed by atoms with Crippen LogP contribution >= 0.6 is 15.9 Å². The van der Waals surface area contributed by atoms with Crippen LogP contribution in [0.4, 0.5) is 10.1 Å². The summed E-state index contributed by atoms with van der Waals surface area (Å²) in [5.74, 6) is -0.254. The Bertz CT molecular complexity index is 315. The van der Waals surface area contributed by atoms with Gasteiger partial charge in [0, 0.05) is 22.2 Å². The van der Waals surface area contributed by atoms with Crippen molar-refractivity contribution in [3.05, 3.63) is 28.5 Å². The first-order valence-corrected chi connectivity index (χ1v) is 5.27. The van der Waals surface area contributed by atoms with Gasteiger partial charge in [-0.3, -0.25) is 0 Å². The minimum Gasteiger partial charge on any atom is -0.380 e. The average Bonchev–Trinajstić information content (AvgIpc) is 2.09. The quantitative estimate of drug-likeness (QED) is 0.877. The summed E-state index contributed by atoms with van der Waals surface area (Å²) < 4.78 is 13.5. The number of nitrogens with one attached hydrogen (secondary N) is 1. The van der Waals surface area contributed by atoms with Gasteiger partial charge in [-0.05, 0) is 48.0 Å². The topological polar surface area (TPSA) is 38.0 Å². The molecule has 14 heavy (non-hydrogen) atoms. The Morgan fingerprint density at radius 2 is 2.07 bits per heavy atom. The molecule has 0 aliphatic heterocycles. The van der Waals surface area contributed by atoms with E-state index in [-0.39, 0.29) is 17.9 Å². The molecular weight excluding hydrogens is 247 g/mol. The van der Waals surface area contributed by atoms with Crippen molar-refractivity contribution in [2.24, 2.45) is 5.73 Å². The lowest BCUT2D eigenvalue weighted by Crippen LogP contribution is -2.35. The molecule has 2 unspecified atom stereocenters. The summed E-state index contributed by atoms with van der Waals surface area (Å²) in [4.78, 5) is 0. The summed E-state index contributed by atoms with van der Waals surface area (Å²) in [5, 5.41) is 3.20. The molecule has 0 heterocycles. The fraction of sp³-hybridized carbons (Fsp3) is 0.400. The number of nitrogens with two attached hydrogens (primary N) is 1. The van der Waals surface area contributed by atoms with Crippen molar-refractivity contribution in [2.45, 2.75) is 25.9 Å². The van der Waals surface area contributed by atoms with Gasteiger partial charge in [-0.25, -0.2) is 4.39 Å². The molecule has 1 rings (SSSR count). The van der Waals surface area contributed by atoms with Crippen molar-refractivity contribution < 1.29 is 4.39 Å². The van der Waals surface area contributed by atoms with Crippen molar-refractivity contribution in [3.8, 4) is 0 Å². The predicted octanol–water partition coefficient (Wildman–Crippen LogP) is 2.74. The molecule has 1 aromatic rings. The van der Waals surface area contributed by atoms with E-state index in [0.717, 1.165) is 5.69 Å². The number of halogens is 2. The van der Waals surface area contributed by atoms with Gasteiger partial charge in [0.2, 0.25) is 0 Å². The van der Waals surface area contributed by atoms with Crippen molar-refractivity contribution >= 4 is 21.6 Å². The van der Waals surface area contributed by atoms with Crippen molar-refractivity contribution in [1.29, 1.82) is 0 Å². The third-order valence-corrected chi connectivity index (χ3v) is 2.76. The van der Waals surface area contributed by atoms with Crippen LogP contribution in [0.1, 0.15) is 13.8 Å². The molecule has 0 saturated heterocycles. The third-order valence-electron chi connectivity index (χ3n) is 2.10. The normalized spacial score (nSPS) is 14.9. The van der Waals surface area contributed by atoms with Gasteiger partial charge in [0.05, 0.1) is 0 Å². The van der Waals surface area contributed by atoms with Crippen LogP contribution in [-0.2, 0) is 0 Å². The molecule has 0 bridgehead atoms. The number of rotatable bonds is 3. The summed E-state index contributed by atoms with van der Waals surface area (Å²) in [7, 11) is 0. The Morgan fingerprint density at radius 1 is 1.43 bits per heavy atom. The maximum Gasteiger partial charge on any atom is 0.124 e. The van der Waals surface area contributed by atoms with E-state index in [4.69, 9.17) is 5.73 Å². The maximum atomic E-state index is 12.8. The Labute approximate surface area is 91.8 Å². The summed E-state index contributed by atoms with van der Waals surface area (Å²) in [6.45, 7) is 3.91. The van der Waals surface area contributed by atoms with Gasteiger partial charge in [0.15, 0.2) is 0 Å². The van der Waals surface area contributed by atoms with Gasteiger partial charge < -0.3 is 11.1 Å². The lowest BCUT2D eigenvalue weighted by Gasteiger charge is -2.19. The van der Waals surface area contributed by atoms with E-state index in [1.54, 1.807) is 6.07 Å². The molecule has 0 fully saturated rings. The minimum absolute atomic E-state index is 0.0481. The van der Waals surface area contributed by atoms with Crippen LogP contribution in [0.2, 0.25) is 0 Å². The molecule has 0 spiro atoms. The Morgan fingerprint density at radius 3 is 2.57 bits per heavy atom. The second-order valence-electron chi connectivity index (χ2n) is 3.42. The Kier molecular flexibility index (Phi) is 3.89. The molecule has 0 radical (unpaired) electrons. The molecule has 0 aromatic heterocycles. The zero-order chi connectivity index (χ0) is 10.7. The predicted molar refractivity (Wildman–Crippen MR) is 60.8 cm³/mol. The zero-order valence-corrected chi connectivity index (χ0v) is 9.81. The monoisotopic (exact) mass is 260 g/mol. The lowest BCUT2D eigenvalue weighted by molar-refractivity contribution is 0.624.